The lowest BCUT2D eigenvalue weighted by atomic mass is 10.0. The SMILES string of the molecule is COC1=CC(CCN)=C(OC)CC1. The van der Waals surface area contributed by atoms with Gasteiger partial charge in [0.2, 0.25) is 0 Å². The highest BCUT2D eigenvalue weighted by molar-refractivity contribution is 5.29. The molecule has 0 spiro atoms. The normalized spacial score (nSPS) is 17.0. The van der Waals surface area contributed by atoms with E-state index in [9.17, 15) is 0 Å². The van der Waals surface area contributed by atoms with Gasteiger partial charge in [0.1, 0.15) is 0 Å². The second kappa shape index (κ2) is 4.92. The molecular formula is C10H17NO2. The lowest BCUT2D eigenvalue weighted by Crippen LogP contribution is -2.07. The first-order valence-corrected chi connectivity index (χ1v) is 4.52. The van der Waals surface area contributed by atoms with Crippen LogP contribution in [0.5, 0.6) is 0 Å². The van der Waals surface area contributed by atoms with E-state index in [0.29, 0.717) is 6.54 Å². The minimum absolute atomic E-state index is 0.648. The van der Waals surface area contributed by atoms with Crippen LogP contribution in [0.25, 0.3) is 0 Å². The summed E-state index contributed by atoms with van der Waals surface area (Å²) in [5, 5.41) is 0. The van der Waals surface area contributed by atoms with Gasteiger partial charge in [0, 0.05) is 12.8 Å². The first-order valence-electron chi connectivity index (χ1n) is 4.52. The Morgan fingerprint density at radius 2 is 2.08 bits per heavy atom. The fourth-order valence-electron chi connectivity index (χ4n) is 1.51. The van der Waals surface area contributed by atoms with Crippen molar-refractivity contribution in [3.63, 3.8) is 0 Å². The monoisotopic (exact) mass is 183 g/mol. The fraction of sp³-hybridized carbons (Fsp3) is 0.600. The summed E-state index contributed by atoms with van der Waals surface area (Å²) in [5.41, 5.74) is 6.68. The molecule has 0 aromatic heterocycles. The Morgan fingerprint density at radius 1 is 1.31 bits per heavy atom. The van der Waals surface area contributed by atoms with E-state index in [1.807, 2.05) is 6.08 Å². The van der Waals surface area contributed by atoms with Crippen molar-refractivity contribution in [3.05, 3.63) is 23.2 Å². The van der Waals surface area contributed by atoms with Crippen LogP contribution in [0.2, 0.25) is 0 Å². The zero-order valence-corrected chi connectivity index (χ0v) is 8.30. The maximum Gasteiger partial charge on any atom is 0.0993 e. The minimum atomic E-state index is 0.648. The van der Waals surface area contributed by atoms with E-state index in [2.05, 4.69) is 0 Å². The van der Waals surface area contributed by atoms with E-state index in [1.165, 1.54) is 5.57 Å². The first-order chi connectivity index (χ1) is 6.31. The molecule has 0 bridgehead atoms. The van der Waals surface area contributed by atoms with Gasteiger partial charge in [-0.25, -0.2) is 0 Å². The summed E-state index contributed by atoms with van der Waals surface area (Å²) in [6.45, 7) is 0.648. The summed E-state index contributed by atoms with van der Waals surface area (Å²) >= 11 is 0. The molecule has 1 rings (SSSR count). The molecule has 0 amide bonds. The van der Waals surface area contributed by atoms with E-state index in [4.69, 9.17) is 15.2 Å². The molecule has 0 radical (unpaired) electrons. The Bertz CT molecular complexity index is 231. The number of hydrogen-bond acceptors (Lipinski definition) is 3. The van der Waals surface area contributed by atoms with Crippen molar-refractivity contribution in [1.82, 2.24) is 0 Å². The lowest BCUT2D eigenvalue weighted by molar-refractivity contribution is 0.239. The first kappa shape index (κ1) is 10.1. The number of nitrogens with two attached hydrogens (primary N) is 1. The molecule has 3 heteroatoms. The molecule has 0 saturated heterocycles. The number of hydrogen-bond donors (Lipinski definition) is 1. The standard InChI is InChI=1S/C10H17NO2/c1-12-9-3-4-10(13-2)8(7-9)5-6-11/h7H,3-6,11H2,1-2H3. The lowest BCUT2D eigenvalue weighted by Gasteiger charge is -2.18. The van der Waals surface area contributed by atoms with Gasteiger partial charge in [0.15, 0.2) is 0 Å². The van der Waals surface area contributed by atoms with Gasteiger partial charge in [0.25, 0.3) is 0 Å². The van der Waals surface area contributed by atoms with Crippen LogP contribution in [-0.4, -0.2) is 20.8 Å². The maximum atomic E-state index is 5.50. The highest BCUT2D eigenvalue weighted by Crippen LogP contribution is 2.26. The third kappa shape index (κ3) is 2.49. The fourth-order valence-corrected chi connectivity index (χ4v) is 1.51. The van der Waals surface area contributed by atoms with Gasteiger partial charge in [0.05, 0.1) is 25.7 Å². The van der Waals surface area contributed by atoms with E-state index in [0.717, 1.165) is 30.8 Å². The van der Waals surface area contributed by atoms with Crippen molar-refractivity contribution < 1.29 is 9.47 Å². The zero-order valence-electron chi connectivity index (χ0n) is 8.30. The van der Waals surface area contributed by atoms with E-state index >= 15 is 0 Å². The highest BCUT2D eigenvalue weighted by Gasteiger charge is 2.13. The van der Waals surface area contributed by atoms with Gasteiger partial charge in [-0.2, -0.15) is 0 Å². The predicted molar refractivity (Wildman–Crippen MR) is 52.0 cm³/mol. The molecule has 0 atom stereocenters. The largest absolute Gasteiger partial charge is 0.501 e. The second-order valence-corrected chi connectivity index (χ2v) is 3.01. The molecule has 0 aromatic carbocycles. The van der Waals surface area contributed by atoms with Crippen molar-refractivity contribution in [2.24, 2.45) is 5.73 Å². The number of ether oxygens (including phenoxy) is 2. The van der Waals surface area contributed by atoms with Crippen LogP contribution in [0.3, 0.4) is 0 Å². The van der Waals surface area contributed by atoms with Crippen LogP contribution in [0, 0.1) is 0 Å². The molecule has 1 aliphatic rings. The Balaban J connectivity index is 2.78. The summed E-state index contributed by atoms with van der Waals surface area (Å²) in [5.74, 6) is 2.07. The van der Waals surface area contributed by atoms with E-state index in [-0.39, 0.29) is 0 Å². The second-order valence-electron chi connectivity index (χ2n) is 3.01. The van der Waals surface area contributed by atoms with Gasteiger partial charge in [-0.1, -0.05) is 0 Å². The molecule has 74 valence electrons. The summed E-state index contributed by atoms with van der Waals surface area (Å²) in [7, 11) is 3.40. The van der Waals surface area contributed by atoms with Crippen molar-refractivity contribution in [1.29, 1.82) is 0 Å². The zero-order chi connectivity index (χ0) is 9.68. The predicted octanol–water partition coefficient (Wildman–Crippen LogP) is 1.56. The molecule has 0 aromatic rings. The van der Waals surface area contributed by atoms with Gasteiger partial charge in [-0.3, -0.25) is 0 Å². The number of rotatable bonds is 4. The van der Waals surface area contributed by atoms with Crippen LogP contribution in [-0.2, 0) is 9.47 Å². The summed E-state index contributed by atoms with van der Waals surface area (Å²) < 4.78 is 10.5. The third-order valence-electron chi connectivity index (χ3n) is 2.21. The maximum absolute atomic E-state index is 5.50. The molecule has 2 N–H and O–H groups in total. The van der Waals surface area contributed by atoms with Gasteiger partial charge in [-0.05, 0) is 24.6 Å². The van der Waals surface area contributed by atoms with E-state index < -0.39 is 0 Å². The summed E-state index contributed by atoms with van der Waals surface area (Å²) in [6.07, 6.45) is 4.74. The van der Waals surface area contributed by atoms with Crippen LogP contribution in [0.1, 0.15) is 19.3 Å². The molecular weight excluding hydrogens is 166 g/mol. The molecule has 3 nitrogen and oxygen atoms in total. The summed E-state index contributed by atoms with van der Waals surface area (Å²) in [4.78, 5) is 0. The summed E-state index contributed by atoms with van der Waals surface area (Å²) in [6, 6.07) is 0. The number of allylic oxidation sites excluding steroid dienone is 3. The topological polar surface area (TPSA) is 44.5 Å². The van der Waals surface area contributed by atoms with Gasteiger partial charge < -0.3 is 15.2 Å². The molecule has 1 aliphatic carbocycles. The van der Waals surface area contributed by atoms with Gasteiger partial charge >= 0.3 is 0 Å². The van der Waals surface area contributed by atoms with Gasteiger partial charge in [-0.15, -0.1) is 0 Å². The van der Waals surface area contributed by atoms with Crippen molar-refractivity contribution in [2.45, 2.75) is 19.3 Å². The average Bonchev–Trinajstić information content (AvgIpc) is 2.18. The van der Waals surface area contributed by atoms with Crippen molar-refractivity contribution in [3.8, 4) is 0 Å². The quantitative estimate of drug-likeness (QED) is 0.719. The smallest absolute Gasteiger partial charge is 0.0993 e. The van der Waals surface area contributed by atoms with Crippen LogP contribution < -0.4 is 5.73 Å². The molecule has 0 heterocycles. The molecule has 0 fully saturated rings. The minimum Gasteiger partial charge on any atom is -0.501 e. The Hall–Kier alpha value is -0.960. The average molecular weight is 183 g/mol. The van der Waals surface area contributed by atoms with E-state index in [1.54, 1.807) is 14.2 Å². The third-order valence-corrected chi connectivity index (χ3v) is 2.21. The molecule has 13 heavy (non-hydrogen) atoms. The molecule has 0 unspecified atom stereocenters. The number of methoxy groups -OCH3 is 2. The Kier molecular flexibility index (Phi) is 3.83. The molecule has 0 saturated carbocycles. The Morgan fingerprint density at radius 3 is 2.62 bits per heavy atom. The van der Waals surface area contributed by atoms with Crippen molar-refractivity contribution in [2.75, 3.05) is 20.8 Å². The van der Waals surface area contributed by atoms with Crippen molar-refractivity contribution >= 4 is 0 Å². The van der Waals surface area contributed by atoms with Crippen LogP contribution in [0.15, 0.2) is 23.2 Å². The highest BCUT2D eigenvalue weighted by atomic mass is 16.5. The molecule has 0 aliphatic heterocycles. The Labute approximate surface area is 79.2 Å². The van der Waals surface area contributed by atoms with Crippen LogP contribution in [0.4, 0.5) is 0 Å². The van der Waals surface area contributed by atoms with Crippen LogP contribution >= 0.6 is 0 Å².